The third-order valence-corrected chi connectivity index (χ3v) is 4.90. The number of rotatable bonds is 3. The largest absolute Gasteiger partial charge is 0.488 e. The molecule has 21 heavy (non-hydrogen) atoms. The molecular formula is C19H29NO. The van der Waals surface area contributed by atoms with E-state index < -0.39 is 0 Å². The summed E-state index contributed by atoms with van der Waals surface area (Å²) in [7, 11) is 0. The topological polar surface area (TPSA) is 21.3 Å². The maximum atomic E-state index is 6.04. The second-order valence-electron chi connectivity index (χ2n) is 8.57. The van der Waals surface area contributed by atoms with Crippen molar-refractivity contribution in [3.8, 4) is 5.75 Å². The molecule has 116 valence electrons. The van der Waals surface area contributed by atoms with Gasteiger partial charge in [-0.25, -0.2) is 0 Å². The van der Waals surface area contributed by atoms with E-state index in [1.807, 2.05) is 0 Å². The van der Waals surface area contributed by atoms with Crippen LogP contribution >= 0.6 is 0 Å². The summed E-state index contributed by atoms with van der Waals surface area (Å²) in [6.07, 6.45) is 5.22. The molecule has 0 bridgehead atoms. The molecule has 1 heterocycles. The van der Waals surface area contributed by atoms with Crippen LogP contribution in [0, 0.1) is 10.8 Å². The van der Waals surface area contributed by atoms with E-state index in [1.165, 1.54) is 24.8 Å². The average molecular weight is 287 g/mol. The van der Waals surface area contributed by atoms with Gasteiger partial charge in [-0.05, 0) is 41.7 Å². The predicted octanol–water partition coefficient (Wildman–Crippen LogP) is 4.18. The van der Waals surface area contributed by atoms with E-state index in [4.69, 9.17) is 4.74 Å². The quantitative estimate of drug-likeness (QED) is 0.900. The summed E-state index contributed by atoms with van der Waals surface area (Å²) >= 11 is 0. The van der Waals surface area contributed by atoms with Crippen molar-refractivity contribution >= 4 is 0 Å². The first-order chi connectivity index (χ1) is 9.83. The van der Waals surface area contributed by atoms with Crippen LogP contribution < -0.4 is 10.1 Å². The van der Waals surface area contributed by atoms with Crippen molar-refractivity contribution < 1.29 is 4.74 Å². The highest BCUT2D eigenvalue weighted by molar-refractivity contribution is 5.37. The van der Waals surface area contributed by atoms with Crippen LogP contribution in [0.4, 0.5) is 0 Å². The Bertz CT molecular complexity index is 465. The summed E-state index contributed by atoms with van der Waals surface area (Å²) < 4.78 is 6.04. The first-order valence-corrected chi connectivity index (χ1v) is 8.31. The maximum Gasteiger partial charge on any atom is 0.123 e. The van der Waals surface area contributed by atoms with Crippen LogP contribution in [-0.4, -0.2) is 18.7 Å². The fourth-order valence-electron chi connectivity index (χ4n) is 4.66. The molecule has 1 aliphatic carbocycles. The Morgan fingerprint density at radius 2 is 1.76 bits per heavy atom. The summed E-state index contributed by atoms with van der Waals surface area (Å²) in [5, 5.41) is 3.78. The SMILES string of the molecule is CC1(C)CC(NCC2Cc3ccccc3O2)CC(C)(C)C1. The number of nitrogens with one attached hydrogen (secondary N) is 1. The van der Waals surface area contributed by atoms with Crippen LogP contribution in [0.5, 0.6) is 5.75 Å². The van der Waals surface area contributed by atoms with Crippen molar-refractivity contribution in [2.75, 3.05) is 6.54 Å². The number of ether oxygens (including phenoxy) is 1. The third kappa shape index (κ3) is 3.60. The van der Waals surface area contributed by atoms with Crippen molar-refractivity contribution in [1.29, 1.82) is 0 Å². The van der Waals surface area contributed by atoms with E-state index in [-0.39, 0.29) is 0 Å². The van der Waals surface area contributed by atoms with Gasteiger partial charge in [0, 0.05) is 19.0 Å². The highest BCUT2D eigenvalue weighted by Gasteiger charge is 2.38. The van der Waals surface area contributed by atoms with Crippen LogP contribution in [-0.2, 0) is 6.42 Å². The van der Waals surface area contributed by atoms with E-state index >= 15 is 0 Å². The van der Waals surface area contributed by atoms with Gasteiger partial charge in [0.1, 0.15) is 11.9 Å². The molecule has 1 atom stereocenters. The van der Waals surface area contributed by atoms with Crippen LogP contribution in [0.25, 0.3) is 0 Å². The van der Waals surface area contributed by atoms with Gasteiger partial charge in [-0.2, -0.15) is 0 Å². The minimum Gasteiger partial charge on any atom is -0.488 e. The molecule has 3 rings (SSSR count). The Hall–Kier alpha value is -1.02. The molecule has 0 spiro atoms. The molecule has 0 amide bonds. The summed E-state index contributed by atoms with van der Waals surface area (Å²) in [4.78, 5) is 0. The summed E-state index contributed by atoms with van der Waals surface area (Å²) in [6.45, 7) is 10.6. The molecular weight excluding hydrogens is 258 g/mol. The highest BCUT2D eigenvalue weighted by atomic mass is 16.5. The Balaban J connectivity index is 1.54. The van der Waals surface area contributed by atoms with Crippen molar-refractivity contribution in [2.45, 2.75) is 65.5 Å². The third-order valence-electron chi connectivity index (χ3n) is 4.90. The molecule has 1 aromatic carbocycles. The van der Waals surface area contributed by atoms with Crippen molar-refractivity contribution in [3.63, 3.8) is 0 Å². The zero-order valence-corrected chi connectivity index (χ0v) is 13.9. The summed E-state index contributed by atoms with van der Waals surface area (Å²) in [6, 6.07) is 9.05. The number of benzene rings is 1. The molecule has 2 heteroatoms. The second kappa shape index (κ2) is 5.31. The molecule has 1 unspecified atom stereocenters. The summed E-state index contributed by atoms with van der Waals surface area (Å²) in [5.41, 5.74) is 2.24. The molecule has 0 saturated heterocycles. The fraction of sp³-hybridized carbons (Fsp3) is 0.684. The first kappa shape index (κ1) is 14.9. The van der Waals surface area contributed by atoms with Crippen molar-refractivity contribution in [2.24, 2.45) is 10.8 Å². The van der Waals surface area contributed by atoms with E-state index in [0.717, 1.165) is 18.7 Å². The van der Waals surface area contributed by atoms with Crippen LogP contribution in [0.2, 0.25) is 0 Å². The van der Waals surface area contributed by atoms with Gasteiger partial charge in [-0.3, -0.25) is 0 Å². The van der Waals surface area contributed by atoms with E-state index in [0.29, 0.717) is 23.0 Å². The lowest BCUT2D eigenvalue weighted by Gasteiger charge is -2.45. The van der Waals surface area contributed by atoms with Gasteiger partial charge >= 0.3 is 0 Å². The smallest absolute Gasteiger partial charge is 0.123 e. The molecule has 1 saturated carbocycles. The van der Waals surface area contributed by atoms with Crippen LogP contribution in [0.15, 0.2) is 24.3 Å². The zero-order chi connectivity index (χ0) is 15.1. The minimum absolute atomic E-state index is 0.301. The van der Waals surface area contributed by atoms with Crippen LogP contribution in [0.3, 0.4) is 0 Å². The van der Waals surface area contributed by atoms with Gasteiger partial charge in [0.25, 0.3) is 0 Å². The standard InChI is InChI=1S/C19H29NO/c1-18(2)10-15(11-19(3,4)13-18)20-12-16-9-14-7-5-6-8-17(14)21-16/h5-8,15-16,20H,9-13H2,1-4H3. The molecule has 1 aliphatic heterocycles. The van der Waals surface area contributed by atoms with Crippen molar-refractivity contribution in [3.05, 3.63) is 29.8 Å². The Kier molecular flexibility index (Phi) is 3.77. The number of para-hydroxylation sites is 1. The number of hydrogen-bond donors (Lipinski definition) is 1. The summed E-state index contributed by atoms with van der Waals surface area (Å²) in [5.74, 6) is 1.08. The molecule has 2 nitrogen and oxygen atoms in total. The maximum absolute atomic E-state index is 6.04. The van der Waals surface area contributed by atoms with Gasteiger partial charge < -0.3 is 10.1 Å². The average Bonchev–Trinajstić information content (AvgIpc) is 2.75. The Morgan fingerprint density at radius 1 is 1.10 bits per heavy atom. The lowest BCUT2D eigenvalue weighted by atomic mass is 9.63. The predicted molar refractivity (Wildman–Crippen MR) is 87.8 cm³/mol. The number of hydrogen-bond acceptors (Lipinski definition) is 2. The highest BCUT2D eigenvalue weighted by Crippen LogP contribution is 2.45. The van der Waals surface area contributed by atoms with Crippen molar-refractivity contribution in [1.82, 2.24) is 5.32 Å². The normalized spacial score (nSPS) is 27.1. The van der Waals surface area contributed by atoms with Gasteiger partial charge in [0.15, 0.2) is 0 Å². The van der Waals surface area contributed by atoms with Gasteiger partial charge in [0.05, 0.1) is 0 Å². The molecule has 0 aromatic heterocycles. The van der Waals surface area contributed by atoms with E-state index in [9.17, 15) is 0 Å². The Labute approximate surface area is 129 Å². The van der Waals surface area contributed by atoms with Gasteiger partial charge in [-0.1, -0.05) is 45.9 Å². The monoisotopic (exact) mass is 287 g/mol. The zero-order valence-electron chi connectivity index (χ0n) is 13.9. The molecule has 1 aromatic rings. The lowest BCUT2D eigenvalue weighted by molar-refractivity contribution is 0.0800. The molecule has 2 aliphatic rings. The Morgan fingerprint density at radius 3 is 2.43 bits per heavy atom. The molecule has 1 N–H and O–H groups in total. The molecule has 0 radical (unpaired) electrons. The minimum atomic E-state index is 0.301. The second-order valence-corrected chi connectivity index (χ2v) is 8.57. The first-order valence-electron chi connectivity index (χ1n) is 8.31. The molecule has 1 fully saturated rings. The van der Waals surface area contributed by atoms with Gasteiger partial charge in [0.2, 0.25) is 0 Å². The van der Waals surface area contributed by atoms with Gasteiger partial charge in [-0.15, -0.1) is 0 Å². The van der Waals surface area contributed by atoms with E-state index in [1.54, 1.807) is 0 Å². The van der Waals surface area contributed by atoms with Crippen LogP contribution in [0.1, 0.15) is 52.5 Å². The lowest BCUT2D eigenvalue weighted by Crippen LogP contribution is -2.46. The number of fused-ring (bicyclic) bond motifs is 1. The van der Waals surface area contributed by atoms with E-state index in [2.05, 4.69) is 57.3 Å². The fourth-order valence-corrected chi connectivity index (χ4v) is 4.66.